The van der Waals surface area contributed by atoms with Gasteiger partial charge in [-0.2, -0.15) is 0 Å². The molecule has 0 aliphatic carbocycles. The average Bonchev–Trinajstić information content (AvgIpc) is 2.97. The Morgan fingerprint density at radius 2 is 2.14 bits per heavy atom. The molecule has 0 saturated carbocycles. The number of nitrogens with one attached hydrogen (secondary N) is 1. The molecule has 3 rings (SSSR count). The van der Waals surface area contributed by atoms with Crippen molar-refractivity contribution < 1.29 is 22.4 Å². The van der Waals surface area contributed by atoms with Gasteiger partial charge in [0, 0.05) is 29.5 Å². The van der Waals surface area contributed by atoms with Gasteiger partial charge in [-0.1, -0.05) is 6.58 Å². The van der Waals surface area contributed by atoms with E-state index in [0.29, 0.717) is 29.9 Å². The molecule has 2 heterocycles. The van der Waals surface area contributed by atoms with Gasteiger partial charge in [-0.3, -0.25) is 4.79 Å². The fourth-order valence-electron chi connectivity index (χ4n) is 3.41. The van der Waals surface area contributed by atoms with Crippen LogP contribution in [0.15, 0.2) is 39.6 Å². The molecule has 1 aromatic carbocycles. The van der Waals surface area contributed by atoms with Crippen LogP contribution in [0.5, 0.6) is 5.75 Å². The van der Waals surface area contributed by atoms with Gasteiger partial charge in [-0.25, -0.2) is 13.2 Å². The van der Waals surface area contributed by atoms with Crippen LogP contribution < -0.4 is 15.7 Å². The molecule has 1 aliphatic heterocycles. The van der Waals surface area contributed by atoms with Crippen molar-refractivity contribution in [2.75, 3.05) is 18.1 Å². The van der Waals surface area contributed by atoms with E-state index >= 15 is 0 Å². The van der Waals surface area contributed by atoms with Gasteiger partial charge in [0.15, 0.2) is 9.84 Å². The maximum absolute atomic E-state index is 12.4. The highest BCUT2D eigenvalue weighted by molar-refractivity contribution is 7.91. The molecule has 156 valence electrons. The largest absolute Gasteiger partial charge is 0.489 e. The van der Waals surface area contributed by atoms with E-state index in [4.69, 9.17) is 9.15 Å². The maximum Gasteiger partial charge on any atom is 0.339 e. The number of hydrogen-bond acceptors (Lipinski definition) is 6. The highest BCUT2D eigenvalue weighted by Crippen LogP contribution is 2.25. The van der Waals surface area contributed by atoms with Crippen molar-refractivity contribution in [2.24, 2.45) is 0 Å². The lowest BCUT2D eigenvalue weighted by atomic mass is 10.0. The lowest BCUT2D eigenvalue weighted by molar-refractivity contribution is -0.121. The lowest BCUT2D eigenvalue weighted by Crippen LogP contribution is -2.35. The van der Waals surface area contributed by atoms with Crippen LogP contribution in [-0.4, -0.2) is 38.5 Å². The zero-order chi connectivity index (χ0) is 21.2. The molecule has 0 radical (unpaired) electrons. The monoisotopic (exact) mass is 419 g/mol. The number of ether oxygens (including phenoxy) is 1. The molecule has 1 unspecified atom stereocenters. The number of carbonyl (C=O) groups excluding carboxylic acids is 1. The Morgan fingerprint density at radius 3 is 2.79 bits per heavy atom. The zero-order valence-electron chi connectivity index (χ0n) is 16.6. The van der Waals surface area contributed by atoms with Gasteiger partial charge in [0.25, 0.3) is 0 Å². The molecule has 1 saturated heterocycles. The molecule has 7 nitrogen and oxygen atoms in total. The molecule has 29 heavy (non-hydrogen) atoms. The van der Waals surface area contributed by atoms with Crippen LogP contribution in [0.25, 0.3) is 11.0 Å². The van der Waals surface area contributed by atoms with Crippen LogP contribution in [0.3, 0.4) is 0 Å². The minimum absolute atomic E-state index is 0.0222. The number of rotatable bonds is 7. The fourth-order valence-corrected chi connectivity index (χ4v) is 5.08. The average molecular weight is 419 g/mol. The van der Waals surface area contributed by atoms with Gasteiger partial charge in [-0.05, 0) is 50.0 Å². The molecule has 1 fully saturated rings. The minimum Gasteiger partial charge on any atom is -0.489 e. The molecule has 0 spiro atoms. The Balaban J connectivity index is 1.71. The summed E-state index contributed by atoms with van der Waals surface area (Å²) in [5, 5.41) is 3.52. The molecular weight excluding hydrogens is 394 g/mol. The second-order valence-corrected chi connectivity index (χ2v) is 9.79. The smallest absolute Gasteiger partial charge is 0.339 e. The van der Waals surface area contributed by atoms with Crippen LogP contribution in [0.2, 0.25) is 0 Å². The summed E-state index contributed by atoms with van der Waals surface area (Å²) in [5.41, 5.74) is 2.03. The van der Waals surface area contributed by atoms with Crippen molar-refractivity contribution in [1.82, 2.24) is 5.32 Å². The van der Waals surface area contributed by atoms with Crippen molar-refractivity contribution in [3.05, 3.63) is 51.9 Å². The molecule has 1 atom stereocenters. The Hall–Kier alpha value is -2.61. The summed E-state index contributed by atoms with van der Waals surface area (Å²) >= 11 is 0. The first-order valence-corrected chi connectivity index (χ1v) is 11.3. The van der Waals surface area contributed by atoms with Crippen LogP contribution >= 0.6 is 0 Å². The maximum atomic E-state index is 12.4. The number of aryl methyl sites for hydroxylation is 1. The first kappa shape index (κ1) is 21.1. The molecule has 1 N–H and O–H groups in total. The number of hydrogen-bond donors (Lipinski definition) is 1. The molecule has 1 amide bonds. The molecule has 1 aromatic heterocycles. The molecule has 0 bridgehead atoms. The zero-order valence-corrected chi connectivity index (χ0v) is 17.4. The van der Waals surface area contributed by atoms with Crippen LogP contribution in [-0.2, 0) is 21.1 Å². The number of sulfone groups is 1. The fraction of sp³-hybridized carbons (Fsp3) is 0.429. The Bertz CT molecular complexity index is 1120. The summed E-state index contributed by atoms with van der Waals surface area (Å²) in [6.45, 7) is 7.85. The standard InChI is InChI=1S/C21H25NO6S/c1-13(2)11-27-16-4-5-17-14(3)18(21(24)28-19(17)10-16)6-7-20(23)22-15-8-9-29(25,26)12-15/h4-5,10,15H,1,6-9,11-12H2,2-3H3,(H,22,23). The number of amides is 1. The molecule has 8 heteroatoms. The number of fused-ring (bicyclic) bond motifs is 1. The second-order valence-electron chi connectivity index (χ2n) is 7.56. The Kier molecular flexibility index (Phi) is 6.12. The predicted octanol–water partition coefficient (Wildman–Crippen LogP) is 2.29. The van der Waals surface area contributed by atoms with Crippen LogP contribution in [0.4, 0.5) is 0 Å². The second kappa shape index (κ2) is 8.41. The molecule has 1 aliphatic rings. The van der Waals surface area contributed by atoms with E-state index in [1.165, 1.54) is 0 Å². The van der Waals surface area contributed by atoms with Gasteiger partial charge in [0.2, 0.25) is 5.91 Å². The van der Waals surface area contributed by atoms with Gasteiger partial charge in [0.05, 0.1) is 11.5 Å². The lowest BCUT2D eigenvalue weighted by Gasteiger charge is -2.12. The predicted molar refractivity (Wildman–Crippen MR) is 111 cm³/mol. The third kappa shape index (κ3) is 5.26. The summed E-state index contributed by atoms with van der Waals surface area (Å²) < 4.78 is 34.0. The van der Waals surface area contributed by atoms with Gasteiger partial charge >= 0.3 is 5.63 Å². The Labute approximate surface area is 169 Å². The van der Waals surface area contributed by atoms with Gasteiger partial charge in [-0.15, -0.1) is 0 Å². The van der Waals surface area contributed by atoms with Crippen LogP contribution in [0, 0.1) is 6.92 Å². The van der Waals surface area contributed by atoms with Gasteiger partial charge < -0.3 is 14.5 Å². The van der Waals surface area contributed by atoms with Crippen molar-refractivity contribution >= 4 is 26.7 Å². The molecular formula is C21H25NO6S. The topological polar surface area (TPSA) is 103 Å². The molecule has 2 aromatic rings. The first-order valence-electron chi connectivity index (χ1n) is 9.48. The summed E-state index contributed by atoms with van der Waals surface area (Å²) in [6.07, 6.45) is 0.748. The van der Waals surface area contributed by atoms with Crippen molar-refractivity contribution in [2.45, 2.75) is 39.2 Å². The van der Waals surface area contributed by atoms with Crippen molar-refractivity contribution in [3.8, 4) is 5.75 Å². The first-order chi connectivity index (χ1) is 13.6. The van der Waals surface area contributed by atoms with E-state index in [-0.39, 0.29) is 36.3 Å². The summed E-state index contributed by atoms with van der Waals surface area (Å²) in [6, 6.07) is 4.95. The highest BCUT2D eigenvalue weighted by atomic mass is 32.2. The van der Waals surface area contributed by atoms with E-state index in [0.717, 1.165) is 16.5 Å². The van der Waals surface area contributed by atoms with Crippen molar-refractivity contribution in [3.63, 3.8) is 0 Å². The van der Waals surface area contributed by atoms with E-state index in [2.05, 4.69) is 11.9 Å². The quantitative estimate of drug-likeness (QED) is 0.546. The minimum atomic E-state index is -3.05. The summed E-state index contributed by atoms with van der Waals surface area (Å²) in [7, 11) is -3.05. The van der Waals surface area contributed by atoms with Crippen molar-refractivity contribution in [1.29, 1.82) is 0 Å². The SMILES string of the molecule is C=C(C)COc1ccc2c(C)c(CCC(=O)NC3CCS(=O)(=O)C3)c(=O)oc2c1. The van der Waals surface area contributed by atoms with E-state index in [9.17, 15) is 18.0 Å². The summed E-state index contributed by atoms with van der Waals surface area (Å²) in [5.74, 6) is 0.394. The normalized spacial score (nSPS) is 17.9. The summed E-state index contributed by atoms with van der Waals surface area (Å²) in [4.78, 5) is 24.6. The number of benzene rings is 1. The van der Waals surface area contributed by atoms with E-state index < -0.39 is 15.5 Å². The van der Waals surface area contributed by atoms with E-state index in [1.54, 1.807) is 12.1 Å². The third-order valence-electron chi connectivity index (χ3n) is 4.94. The third-order valence-corrected chi connectivity index (χ3v) is 6.71. The number of carbonyl (C=O) groups is 1. The van der Waals surface area contributed by atoms with Gasteiger partial charge in [0.1, 0.15) is 17.9 Å². The van der Waals surface area contributed by atoms with E-state index in [1.807, 2.05) is 19.9 Å². The highest BCUT2D eigenvalue weighted by Gasteiger charge is 2.28. The van der Waals surface area contributed by atoms with Crippen LogP contribution in [0.1, 0.15) is 30.9 Å². The Morgan fingerprint density at radius 1 is 1.38 bits per heavy atom.